The van der Waals surface area contributed by atoms with Gasteiger partial charge in [0.2, 0.25) is 15.9 Å². The van der Waals surface area contributed by atoms with Gasteiger partial charge in [-0.25, -0.2) is 8.42 Å². The Balaban J connectivity index is 1.58. The van der Waals surface area contributed by atoms with Gasteiger partial charge in [0.15, 0.2) is 5.76 Å². The van der Waals surface area contributed by atoms with Crippen LogP contribution in [0.2, 0.25) is 0 Å². The maximum absolute atomic E-state index is 12.8. The molecule has 1 amide bonds. The van der Waals surface area contributed by atoms with E-state index in [1.807, 2.05) is 12.1 Å². The van der Waals surface area contributed by atoms with Crippen LogP contribution in [0.15, 0.2) is 33.9 Å². The summed E-state index contributed by atoms with van der Waals surface area (Å²) >= 11 is 0. The number of piperidine rings is 1. The summed E-state index contributed by atoms with van der Waals surface area (Å²) < 4.78 is 32.0. The van der Waals surface area contributed by atoms with Crippen molar-refractivity contribution in [3.05, 3.63) is 41.5 Å². The van der Waals surface area contributed by atoms with Crippen molar-refractivity contribution >= 4 is 15.9 Å². The Hall–Kier alpha value is -2.26. The Kier molecular flexibility index (Phi) is 5.38. The van der Waals surface area contributed by atoms with E-state index < -0.39 is 10.0 Å². The molecule has 0 aromatic carbocycles. The largest absolute Gasteiger partial charge is 0.360 e. The third kappa shape index (κ3) is 3.78. The fourth-order valence-electron chi connectivity index (χ4n) is 3.16. The smallest absolute Gasteiger partial charge is 0.248 e. The minimum Gasteiger partial charge on any atom is -0.360 e. The van der Waals surface area contributed by atoms with E-state index in [4.69, 9.17) is 4.52 Å². The summed E-state index contributed by atoms with van der Waals surface area (Å²) in [5.41, 5.74) is 1.34. The van der Waals surface area contributed by atoms with Crippen LogP contribution < -0.4 is 5.32 Å². The summed E-state index contributed by atoms with van der Waals surface area (Å²) in [5, 5.41) is 6.63. The van der Waals surface area contributed by atoms with Crippen molar-refractivity contribution in [3.63, 3.8) is 0 Å². The summed E-state index contributed by atoms with van der Waals surface area (Å²) in [6.45, 7) is 4.26. The Morgan fingerprint density at radius 3 is 2.50 bits per heavy atom. The molecule has 1 aliphatic rings. The number of aromatic nitrogens is 2. The minimum absolute atomic E-state index is 0.0452. The third-order valence-electron chi connectivity index (χ3n) is 4.61. The number of nitrogens with zero attached hydrogens (tertiary/aromatic N) is 3. The molecule has 1 N–H and O–H groups in total. The molecule has 1 aliphatic heterocycles. The highest BCUT2D eigenvalue weighted by Crippen LogP contribution is 2.27. The number of hydrogen-bond acceptors (Lipinski definition) is 6. The van der Waals surface area contributed by atoms with E-state index in [2.05, 4.69) is 15.5 Å². The van der Waals surface area contributed by atoms with Gasteiger partial charge in [-0.2, -0.15) is 4.31 Å². The Morgan fingerprint density at radius 2 is 1.92 bits per heavy atom. The van der Waals surface area contributed by atoms with Gasteiger partial charge in [0.05, 0.1) is 0 Å². The van der Waals surface area contributed by atoms with Gasteiger partial charge < -0.3 is 9.84 Å². The van der Waals surface area contributed by atoms with Crippen LogP contribution in [0.1, 0.15) is 29.9 Å². The molecule has 9 heteroatoms. The van der Waals surface area contributed by atoms with Crippen LogP contribution in [-0.2, 0) is 21.4 Å². The van der Waals surface area contributed by atoms with Crippen molar-refractivity contribution in [2.75, 3.05) is 13.1 Å². The molecule has 140 valence electrons. The molecule has 1 saturated heterocycles. The molecule has 2 aromatic rings. The van der Waals surface area contributed by atoms with Crippen molar-refractivity contribution in [2.45, 2.75) is 38.1 Å². The van der Waals surface area contributed by atoms with Crippen molar-refractivity contribution in [2.24, 2.45) is 5.92 Å². The van der Waals surface area contributed by atoms with Gasteiger partial charge in [-0.3, -0.25) is 9.78 Å². The Morgan fingerprint density at radius 1 is 1.27 bits per heavy atom. The van der Waals surface area contributed by atoms with Gasteiger partial charge in [-0.1, -0.05) is 5.16 Å². The van der Waals surface area contributed by atoms with E-state index in [-0.39, 0.29) is 16.7 Å². The number of carbonyl (C=O) groups excluding carboxylic acids is 1. The highest BCUT2D eigenvalue weighted by atomic mass is 32.2. The minimum atomic E-state index is -3.65. The van der Waals surface area contributed by atoms with Crippen LogP contribution in [0.3, 0.4) is 0 Å². The zero-order valence-electron chi connectivity index (χ0n) is 14.8. The number of aryl methyl sites for hydroxylation is 2. The lowest BCUT2D eigenvalue weighted by molar-refractivity contribution is -0.126. The first-order valence-corrected chi connectivity index (χ1v) is 9.93. The number of carbonyl (C=O) groups is 1. The van der Waals surface area contributed by atoms with Crippen LogP contribution in [0.25, 0.3) is 0 Å². The van der Waals surface area contributed by atoms with E-state index in [0.717, 1.165) is 5.56 Å². The molecular formula is C17H22N4O4S. The van der Waals surface area contributed by atoms with Crippen LogP contribution in [-0.4, -0.2) is 41.9 Å². The highest BCUT2D eigenvalue weighted by molar-refractivity contribution is 7.89. The summed E-state index contributed by atoms with van der Waals surface area (Å²) in [5.74, 6) is 0.0591. The molecule has 0 bridgehead atoms. The van der Waals surface area contributed by atoms with E-state index in [9.17, 15) is 13.2 Å². The van der Waals surface area contributed by atoms with Gasteiger partial charge >= 0.3 is 0 Å². The second kappa shape index (κ2) is 7.55. The summed E-state index contributed by atoms with van der Waals surface area (Å²) in [6, 6.07) is 3.69. The summed E-state index contributed by atoms with van der Waals surface area (Å²) in [7, 11) is -3.65. The first kappa shape index (κ1) is 18.5. The average Bonchev–Trinajstić information content (AvgIpc) is 2.99. The van der Waals surface area contributed by atoms with Crippen molar-refractivity contribution in [3.8, 4) is 0 Å². The van der Waals surface area contributed by atoms with Gasteiger partial charge in [0.25, 0.3) is 0 Å². The number of rotatable bonds is 5. The molecule has 0 saturated carbocycles. The number of amides is 1. The fraction of sp³-hybridized carbons (Fsp3) is 0.471. The molecule has 2 aromatic heterocycles. The van der Waals surface area contributed by atoms with Crippen LogP contribution in [0, 0.1) is 19.8 Å². The van der Waals surface area contributed by atoms with Crippen LogP contribution >= 0.6 is 0 Å². The SMILES string of the molecule is Cc1noc(C)c1S(=O)(=O)N1CCC(C(=O)NCc2ccncc2)CC1. The quantitative estimate of drug-likeness (QED) is 0.843. The van der Waals surface area contributed by atoms with Gasteiger partial charge in [0, 0.05) is 37.9 Å². The zero-order chi connectivity index (χ0) is 18.7. The third-order valence-corrected chi connectivity index (χ3v) is 6.75. The molecule has 0 atom stereocenters. The fourth-order valence-corrected chi connectivity index (χ4v) is 4.93. The predicted octanol–water partition coefficient (Wildman–Crippen LogP) is 1.40. The second-order valence-corrected chi connectivity index (χ2v) is 8.28. The van der Waals surface area contributed by atoms with Crippen LogP contribution in [0.5, 0.6) is 0 Å². The highest BCUT2D eigenvalue weighted by Gasteiger charge is 2.35. The maximum Gasteiger partial charge on any atom is 0.248 e. The maximum atomic E-state index is 12.8. The molecule has 3 rings (SSSR count). The molecule has 0 aliphatic carbocycles. The monoisotopic (exact) mass is 378 g/mol. The van der Waals surface area contributed by atoms with Crippen molar-refractivity contribution < 1.29 is 17.7 Å². The number of sulfonamides is 1. The van der Waals surface area contributed by atoms with Gasteiger partial charge in [0.1, 0.15) is 10.6 Å². The lowest BCUT2D eigenvalue weighted by Crippen LogP contribution is -2.43. The molecule has 0 radical (unpaired) electrons. The zero-order valence-corrected chi connectivity index (χ0v) is 15.6. The van der Waals surface area contributed by atoms with Crippen molar-refractivity contribution in [1.29, 1.82) is 0 Å². The van der Waals surface area contributed by atoms with Gasteiger partial charge in [-0.15, -0.1) is 0 Å². The van der Waals surface area contributed by atoms with Crippen LogP contribution in [0.4, 0.5) is 0 Å². The van der Waals surface area contributed by atoms with Crippen molar-refractivity contribution in [1.82, 2.24) is 19.8 Å². The number of hydrogen-bond donors (Lipinski definition) is 1. The standard InChI is InChI=1S/C17H22N4O4S/c1-12-16(13(2)25-20-12)26(23,24)21-9-5-15(6-10-21)17(22)19-11-14-3-7-18-8-4-14/h3-4,7-8,15H,5-6,9-11H2,1-2H3,(H,19,22). The van der Waals surface area contributed by atoms with E-state index in [1.54, 1.807) is 26.2 Å². The molecule has 8 nitrogen and oxygen atoms in total. The predicted molar refractivity (Wildman–Crippen MR) is 93.5 cm³/mol. The molecular weight excluding hydrogens is 356 g/mol. The van der Waals surface area contributed by atoms with Gasteiger partial charge in [-0.05, 0) is 44.4 Å². The molecule has 26 heavy (non-hydrogen) atoms. The first-order chi connectivity index (χ1) is 12.4. The lowest BCUT2D eigenvalue weighted by Gasteiger charge is -2.30. The summed E-state index contributed by atoms with van der Waals surface area (Å²) in [4.78, 5) is 16.4. The summed E-state index contributed by atoms with van der Waals surface area (Å²) in [6.07, 6.45) is 4.34. The topological polar surface area (TPSA) is 105 Å². The average molecular weight is 378 g/mol. The Bertz CT molecular complexity index is 852. The van der Waals surface area contributed by atoms with E-state index in [0.29, 0.717) is 43.9 Å². The molecule has 3 heterocycles. The second-order valence-electron chi connectivity index (χ2n) is 6.40. The number of nitrogens with one attached hydrogen (secondary N) is 1. The molecule has 0 unspecified atom stereocenters. The van der Waals surface area contributed by atoms with E-state index >= 15 is 0 Å². The molecule has 0 spiro atoms. The normalized spacial score (nSPS) is 16.5. The number of pyridine rings is 1. The Labute approximate surface area is 152 Å². The molecule has 1 fully saturated rings. The lowest BCUT2D eigenvalue weighted by atomic mass is 9.97. The first-order valence-electron chi connectivity index (χ1n) is 8.49. The van der Waals surface area contributed by atoms with E-state index in [1.165, 1.54) is 4.31 Å².